The van der Waals surface area contributed by atoms with Crippen LogP contribution in [-0.2, 0) is 4.79 Å². The largest absolute Gasteiger partial charge is 0.507 e. The van der Waals surface area contributed by atoms with Crippen LogP contribution in [0.15, 0.2) is 18.2 Å². The maximum atomic E-state index is 11.9. The fraction of sp³-hybridized carbons (Fsp3) is 0.385. The van der Waals surface area contributed by atoms with Gasteiger partial charge in [0.05, 0.1) is 11.0 Å². The van der Waals surface area contributed by atoms with E-state index in [2.05, 4.69) is 5.32 Å². The lowest BCUT2D eigenvalue weighted by atomic mass is 9.92. The molecular formula is C13H18N2O3. The first kappa shape index (κ1) is 14.0. The van der Waals surface area contributed by atoms with Crippen LogP contribution in [0.2, 0.25) is 0 Å². The number of amides is 2. The highest BCUT2D eigenvalue weighted by molar-refractivity contribution is 5.97. The fourth-order valence-corrected chi connectivity index (χ4v) is 1.32. The topological polar surface area (TPSA) is 92.4 Å². The van der Waals surface area contributed by atoms with Crippen LogP contribution in [0.1, 0.15) is 29.8 Å². The van der Waals surface area contributed by atoms with Gasteiger partial charge in [-0.3, -0.25) is 9.59 Å². The van der Waals surface area contributed by atoms with Crippen molar-refractivity contribution in [3.63, 3.8) is 0 Å². The highest BCUT2D eigenvalue weighted by Crippen LogP contribution is 2.19. The summed E-state index contributed by atoms with van der Waals surface area (Å²) in [6.07, 6.45) is 0. The van der Waals surface area contributed by atoms with Gasteiger partial charge in [0.2, 0.25) is 5.91 Å². The maximum absolute atomic E-state index is 11.9. The van der Waals surface area contributed by atoms with E-state index >= 15 is 0 Å². The Hall–Kier alpha value is -2.04. The van der Waals surface area contributed by atoms with E-state index in [9.17, 15) is 14.7 Å². The van der Waals surface area contributed by atoms with Gasteiger partial charge in [0.25, 0.3) is 5.91 Å². The molecule has 0 spiro atoms. The van der Waals surface area contributed by atoms with E-state index in [1.54, 1.807) is 26.0 Å². The lowest BCUT2D eigenvalue weighted by molar-refractivity contribution is -0.125. The van der Waals surface area contributed by atoms with Crippen LogP contribution < -0.4 is 11.1 Å². The molecule has 4 N–H and O–H groups in total. The number of phenolic OH excluding ortho intramolecular Hbond substituents is 1. The van der Waals surface area contributed by atoms with E-state index in [-0.39, 0.29) is 17.9 Å². The molecule has 0 unspecified atom stereocenters. The van der Waals surface area contributed by atoms with Crippen LogP contribution in [0.5, 0.6) is 5.75 Å². The molecule has 0 aliphatic heterocycles. The minimum Gasteiger partial charge on any atom is -0.507 e. The quantitative estimate of drug-likeness (QED) is 0.742. The Labute approximate surface area is 106 Å². The molecular weight excluding hydrogens is 232 g/mol. The normalized spacial score (nSPS) is 11.1. The smallest absolute Gasteiger partial charge is 0.255 e. The SMILES string of the molecule is Cc1ccc(O)c(C(=O)NCC(C)(C)C(N)=O)c1. The van der Waals surface area contributed by atoms with Gasteiger partial charge < -0.3 is 16.2 Å². The van der Waals surface area contributed by atoms with E-state index < -0.39 is 17.2 Å². The number of rotatable bonds is 4. The first-order valence-corrected chi connectivity index (χ1v) is 5.62. The molecule has 1 aromatic rings. The Bertz CT molecular complexity index is 481. The van der Waals surface area contributed by atoms with Gasteiger partial charge in [-0.15, -0.1) is 0 Å². The van der Waals surface area contributed by atoms with Gasteiger partial charge in [-0.25, -0.2) is 0 Å². The van der Waals surface area contributed by atoms with Crippen LogP contribution in [0.3, 0.4) is 0 Å². The number of aryl methyl sites for hydroxylation is 1. The fourth-order valence-electron chi connectivity index (χ4n) is 1.32. The van der Waals surface area contributed by atoms with E-state index in [1.165, 1.54) is 6.07 Å². The van der Waals surface area contributed by atoms with Gasteiger partial charge in [0.15, 0.2) is 0 Å². The van der Waals surface area contributed by atoms with Gasteiger partial charge in [-0.2, -0.15) is 0 Å². The van der Waals surface area contributed by atoms with Crippen molar-refractivity contribution in [2.24, 2.45) is 11.1 Å². The Kier molecular flexibility index (Phi) is 3.96. The van der Waals surface area contributed by atoms with Crippen LogP contribution in [0.25, 0.3) is 0 Å². The van der Waals surface area contributed by atoms with Crippen LogP contribution in [0, 0.1) is 12.3 Å². The molecule has 0 fully saturated rings. The van der Waals surface area contributed by atoms with Gasteiger partial charge in [-0.1, -0.05) is 11.6 Å². The molecule has 0 aliphatic rings. The second-order valence-electron chi connectivity index (χ2n) is 4.95. The summed E-state index contributed by atoms with van der Waals surface area (Å²) >= 11 is 0. The number of primary amides is 1. The van der Waals surface area contributed by atoms with Crippen molar-refractivity contribution in [3.8, 4) is 5.75 Å². The van der Waals surface area contributed by atoms with Crippen LogP contribution in [-0.4, -0.2) is 23.5 Å². The van der Waals surface area contributed by atoms with Crippen molar-refractivity contribution in [3.05, 3.63) is 29.3 Å². The van der Waals surface area contributed by atoms with Crippen molar-refractivity contribution in [2.45, 2.75) is 20.8 Å². The molecule has 18 heavy (non-hydrogen) atoms. The molecule has 1 rings (SSSR count). The van der Waals surface area contributed by atoms with E-state index in [0.29, 0.717) is 0 Å². The zero-order valence-corrected chi connectivity index (χ0v) is 10.8. The molecule has 1 aromatic carbocycles. The summed E-state index contributed by atoms with van der Waals surface area (Å²) in [5.41, 5.74) is 5.44. The summed E-state index contributed by atoms with van der Waals surface area (Å²) < 4.78 is 0. The molecule has 0 saturated carbocycles. The Morgan fingerprint density at radius 1 is 1.39 bits per heavy atom. The van der Waals surface area contributed by atoms with Gasteiger partial charge in [-0.05, 0) is 32.9 Å². The van der Waals surface area contributed by atoms with Gasteiger partial charge in [0.1, 0.15) is 5.75 Å². The average Bonchev–Trinajstić information content (AvgIpc) is 2.29. The zero-order valence-electron chi connectivity index (χ0n) is 10.8. The standard InChI is InChI=1S/C13H18N2O3/c1-8-4-5-10(16)9(6-8)11(17)15-7-13(2,3)12(14)18/h4-6,16H,7H2,1-3H3,(H2,14,18)(H,15,17). The first-order valence-electron chi connectivity index (χ1n) is 5.62. The molecule has 0 atom stereocenters. The highest BCUT2D eigenvalue weighted by atomic mass is 16.3. The Morgan fingerprint density at radius 2 is 2.00 bits per heavy atom. The molecule has 0 radical (unpaired) electrons. The second kappa shape index (κ2) is 5.08. The number of nitrogens with one attached hydrogen (secondary N) is 1. The van der Waals surface area contributed by atoms with Crippen molar-refractivity contribution in [1.82, 2.24) is 5.32 Å². The molecule has 5 heteroatoms. The molecule has 0 heterocycles. The summed E-state index contributed by atoms with van der Waals surface area (Å²) in [5, 5.41) is 12.2. The zero-order chi connectivity index (χ0) is 13.9. The van der Waals surface area contributed by atoms with E-state index in [1.807, 2.05) is 6.92 Å². The van der Waals surface area contributed by atoms with Gasteiger partial charge in [0, 0.05) is 6.54 Å². The number of aromatic hydroxyl groups is 1. The molecule has 0 bridgehead atoms. The molecule has 0 aliphatic carbocycles. The average molecular weight is 250 g/mol. The summed E-state index contributed by atoms with van der Waals surface area (Å²) in [4.78, 5) is 23.0. The number of phenols is 1. The minimum atomic E-state index is -0.824. The van der Waals surface area contributed by atoms with Crippen molar-refractivity contribution < 1.29 is 14.7 Å². The second-order valence-corrected chi connectivity index (χ2v) is 4.95. The van der Waals surface area contributed by atoms with Crippen LogP contribution in [0.4, 0.5) is 0 Å². The number of carbonyl (C=O) groups is 2. The van der Waals surface area contributed by atoms with Crippen molar-refractivity contribution in [2.75, 3.05) is 6.54 Å². The predicted octanol–water partition coefficient (Wildman–Crippen LogP) is 0.942. The summed E-state index contributed by atoms with van der Waals surface area (Å²) in [6, 6.07) is 4.75. The van der Waals surface area contributed by atoms with Crippen molar-refractivity contribution in [1.29, 1.82) is 0 Å². The summed E-state index contributed by atoms with van der Waals surface area (Å²) in [6.45, 7) is 5.23. The molecule has 0 aromatic heterocycles. The number of hydrogen-bond donors (Lipinski definition) is 3. The van der Waals surface area contributed by atoms with E-state index in [4.69, 9.17) is 5.73 Å². The van der Waals surface area contributed by atoms with E-state index in [0.717, 1.165) is 5.56 Å². The number of nitrogens with two attached hydrogens (primary N) is 1. The number of carbonyl (C=O) groups excluding carboxylic acids is 2. The molecule has 98 valence electrons. The monoisotopic (exact) mass is 250 g/mol. The first-order chi connectivity index (χ1) is 8.24. The molecule has 0 saturated heterocycles. The Morgan fingerprint density at radius 3 is 2.56 bits per heavy atom. The van der Waals surface area contributed by atoms with Gasteiger partial charge >= 0.3 is 0 Å². The molecule has 2 amide bonds. The molecule has 5 nitrogen and oxygen atoms in total. The third-order valence-electron chi connectivity index (χ3n) is 2.75. The summed E-state index contributed by atoms with van der Waals surface area (Å²) in [5.74, 6) is -1.00. The number of hydrogen-bond acceptors (Lipinski definition) is 3. The highest BCUT2D eigenvalue weighted by Gasteiger charge is 2.26. The Balaban J connectivity index is 2.78. The third-order valence-corrected chi connectivity index (χ3v) is 2.75. The maximum Gasteiger partial charge on any atom is 0.255 e. The minimum absolute atomic E-state index is 0.0880. The predicted molar refractivity (Wildman–Crippen MR) is 68.2 cm³/mol. The lowest BCUT2D eigenvalue weighted by Crippen LogP contribution is -2.42. The lowest BCUT2D eigenvalue weighted by Gasteiger charge is -2.20. The third kappa shape index (κ3) is 3.23. The number of benzene rings is 1. The van der Waals surface area contributed by atoms with Crippen molar-refractivity contribution >= 4 is 11.8 Å². The summed E-state index contributed by atoms with van der Waals surface area (Å²) in [7, 11) is 0. The van der Waals surface area contributed by atoms with Crippen LogP contribution >= 0.6 is 0 Å².